The Balaban J connectivity index is 2.21. The first-order valence-corrected chi connectivity index (χ1v) is 8.20. The van der Waals surface area contributed by atoms with E-state index in [1.807, 2.05) is 11.4 Å². The summed E-state index contributed by atoms with van der Waals surface area (Å²) in [7, 11) is -1.90. The van der Waals surface area contributed by atoms with E-state index in [-0.39, 0.29) is 4.90 Å². The third-order valence-electron chi connectivity index (χ3n) is 2.34. The van der Waals surface area contributed by atoms with Gasteiger partial charge in [0.25, 0.3) is 0 Å². The van der Waals surface area contributed by atoms with Gasteiger partial charge >= 0.3 is 0 Å². The molecule has 2 heterocycles. The van der Waals surface area contributed by atoms with Gasteiger partial charge in [-0.25, -0.2) is 8.42 Å². The van der Waals surface area contributed by atoms with Crippen molar-refractivity contribution in [3.63, 3.8) is 0 Å². The molecule has 2 aromatic rings. The monoisotopic (exact) mass is 346 g/mol. The van der Waals surface area contributed by atoms with Gasteiger partial charge in [0.1, 0.15) is 4.90 Å². The SMILES string of the molecule is CN(Cc1cc(Br)cs1)S(=O)(=O)c1cccnc1. The summed E-state index contributed by atoms with van der Waals surface area (Å²) in [6.07, 6.45) is 2.91. The molecule has 0 aliphatic heterocycles. The fourth-order valence-corrected chi connectivity index (χ4v) is 4.12. The van der Waals surface area contributed by atoms with Crippen molar-refractivity contribution in [3.8, 4) is 0 Å². The van der Waals surface area contributed by atoms with Crippen molar-refractivity contribution in [1.29, 1.82) is 0 Å². The number of nitrogens with zero attached hydrogens (tertiary/aromatic N) is 2. The lowest BCUT2D eigenvalue weighted by atomic mass is 10.5. The van der Waals surface area contributed by atoms with Gasteiger partial charge < -0.3 is 0 Å². The van der Waals surface area contributed by atoms with E-state index in [4.69, 9.17) is 0 Å². The van der Waals surface area contributed by atoms with Crippen LogP contribution < -0.4 is 0 Å². The highest BCUT2D eigenvalue weighted by Gasteiger charge is 2.21. The van der Waals surface area contributed by atoms with E-state index in [2.05, 4.69) is 20.9 Å². The van der Waals surface area contributed by atoms with Crippen molar-refractivity contribution >= 4 is 37.3 Å². The largest absolute Gasteiger partial charge is 0.263 e. The van der Waals surface area contributed by atoms with Crippen LogP contribution in [0.15, 0.2) is 45.3 Å². The molecule has 2 rings (SSSR count). The van der Waals surface area contributed by atoms with Crippen LogP contribution in [0.1, 0.15) is 4.88 Å². The maximum absolute atomic E-state index is 12.2. The molecule has 0 aliphatic rings. The zero-order valence-corrected chi connectivity index (χ0v) is 12.8. The number of hydrogen-bond donors (Lipinski definition) is 0. The average Bonchev–Trinajstić information content (AvgIpc) is 2.76. The molecule has 0 spiro atoms. The van der Waals surface area contributed by atoms with Gasteiger partial charge in [-0.3, -0.25) is 4.98 Å². The Morgan fingerprint density at radius 1 is 1.50 bits per heavy atom. The zero-order chi connectivity index (χ0) is 13.2. The molecule has 0 saturated heterocycles. The van der Waals surface area contributed by atoms with E-state index in [1.54, 1.807) is 25.4 Å². The van der Waals surface area contributed by atoms with E-state index < -0.39 is 10.0 Å². The van der Waals surface area contributed by atoms with Crippen molar-refractivity contribution in [2.24, 2.45) is 0 Å². The summed E-state index contributed by atoms with van der Waals surface area (Å²) in [5, 5.41) is 1.93. The predicted octanol–water partition coefficient (Wildman–Crippen LogP) is 2.73. The van der Waals surface area contributed by atoms with Crippen LogP contribution in [0, 0.1) is 0 Å². The molecule has 0 saturated carbocycles. The number of sulfonamides is 1. The maximum atomic E-state index is 12.2. The molecule has 0 bridgehead atoms. The number of aromatic nitrogens is 1. The van der Waals surface area contributed by atoms with Crippen molar-refractivity contribution in [3.05, 3.63) is 45.3 Å². The van der Waals surface area contributed by atoms with Crippen LogP contribution in [0.25, 0.3) is 0 Å². The molecule has 0 amide bonds. The Hall–Kier alpha value is -0.760. The minimum atomic E-state index is -3.47. The molecular formula is C11H11BrN2O2S2. The second-order valence-electron chi connectivity index (χ2n) is 3.68. The Bertz CT molecular complexity index is 626. The minimum Gasteiger partial charge on any atom is -0.263 e. The van der Waals surface area contributed by atoms with E-state index in [0.717, 1.165) is 9.35 Å². The molecule has 18 heavy (non-hydrogen) atoms. The van der Waals surface area contributed by atoms with Crippen LogP contribution in [0.2, 0.25) is 0 Å². The summed E-state index contributed by atoms with van der Waals surface area (Å²) < 4.78 is 26.7. The average molecular weight is 347 g/mol. The molecule has 2 aromatic heterocycles. The highest BCUT2D eigenvalue weighted by Crippen LogP contribution is 2.23. The summed E-state index contributed by atoms with van der Waals surface area (Å²) in [6.45, 7) is 0.355. The molecule has 96 valence electrons. The van der Waals surface area contributed by atoms with Crippen LogP contribution in [0.5, 0.6) is 0 Å². The standard InChI is InChI=1S/C11H11BrN2O2S2/c1-14(7-10-5-9(12)8-17-10)18(15,16)11-3-2-4-13-6-11/h2-6,8H,7H2,1H3. The molecule has 0 aromatic carbocycles. The molecule has 0 unspecified atom stereocenters. The van der Waals surface area contributed by atoms with Gasteiger partial charge in [0.15, 0.2) is 0 Å². The number of rotatable bonds is 4. The normalized spacial score (nSPS) is 11.9. The Kier molecular flexibility index (Phi) is 4.16. The zero-order valence-electron chi connectivity index (χ0n) is 9.58. The second-order valence-corrected chi connectivity index (χ2v) is 7.64. The third-order valence-corrected chi connectivity index (χ3v) is 5.81. The predicted molar refractivity (Wildman–Crippen MR) is 74.9 cm³/mol. The smallest absolute Gasteiger partial charge is 0.244 e. The van der Waals surface area contributed by atoms with Gasteiger partial charge in [-0.2, -0.15) is 4.31 Å². The first-order chi connectivity index (χ1) is 8.50. The lowest BCUT2D eigenvalue weighted by Crippen LogP contribution is -2.26. The highest BCUT2D eigenvalue weighted by molar-refractivity contribution is 9.10. The maximum Gasteiger partial charge on any atom is 0.244 e. The summed E-state index contributed by atoms with van der Waals surface area (Å²) in [4.78, 5) is 5.03. The van der Waals surface area contributed by atoms with Crippen LogP contribution in [0.3, 0.4) is 0 Å². The highest BCUT2D eigenvalue weighted by atomic mass is 79.9. The molecule has 0 fully saturated rings. The molecule has 7 heteroatoms. The van der Waals surface area contributed by atoms with Crippen LogP contribution >= 0.6 is 27.3 Å². The molecule has 0 radical (unpaired) electrons. The molecule has 0 aliphatic carbocycles. The van der Waals surface area contributed by atoms with E-state index in [1.165, 1.54) is 21.8 Å². The number of hydrogen-bond acceptors (Lipinski definition) is 4. The van der Waals surface area contributed by atoms with Gasteiger partial charge in [-0.05, 0) is 34.1 Å². The topological polar surface area (TPSA) is 50.3 Å². The Labute approximate surface area is 118 Å². The lowest BCUT2D eigenvalue weighted by molar-refractivity contribution is 0.469. The van der Waals surface area contributed by atoms with E-state index >= 15 is 0 Å². The van der Waals surface area contributed by atoms with Gasteiger partial charge in [0, 0.05) is 40.7 Å². The number of halogens is 1. The van der Waals surface area contributed by atoms with E-state index in [9.17, 15) is 8.42 Å². The van der Waals surface area contributed by atoms with Gasteiger partial charge in [-0.15, -0.1) is 11.3 Å². The fourth-order valence-electron chi connectivity index (χ4n) is 1.42. The van der Waals surface area contributed by atoms with Crippen molar-refractivity contribution < 1.29 is 8.42 Å². The van der Waals surface area contributed by atoms with Gasteiger partial charge in [0.05, 0.1) is 0 Å². The number of pyridine rings is 1. The third kappa shape index (κ3) is 2.97. The van der Waals surface area contributed by atoms with Crippen molar-refractivity contribution in [1.82, 2.24) is 9.29 Å². The van der Waals surface area contributed by atoms with Crippen molar-refractivity contribution in [2.45, 2.75) is 11.4 Å². The fraction of sp³-hybridized carbons (Fsp3) is 0.182. The first kappa shape index (κ1) is 13.7. The van der Waals surface area contributed by atoms with Gasteiger partial charge in [-0.1, -0.05) is 0 Å². The molecule has 0 N–H and O–H groups in total. The lowest BCUT2D eigenvalue weighted by Gasteiger charge is -2.15. The minimum absolute atomic E-state index is 0.211. The summed E-state index contributed by atoms with van der Waals surface area (Å²) in [6, 6.07) is 5.07. The molecular weight excluding hydrogens is 336 g/mol. The Morgan fingerprint density at radius 2 is 2.28 bits per heavy atom. The second kappa shape index (κ2) is 5.48. The Morgan fingerprint density at radius 3 is 2.83 bits per heavy atom. The van der Waals surface area contributed by atoms with Crippen LogP contribution in [0.4, 0.5) is 0 Å². The van der Waals surface area contributed by atoms with Crippen LogP contribution in [-0.4, -0.2) is 24.8 Å². The quantitative estimate of drug-likeness (QED) is 0.855. The molecule has 0 atom stereocenters. The summed E-state index contributed by atoms with van der Waals surface area (Å²) in [5.41, 5.74) is 0. The number of thiophene rings is 1. The van der Waals surface area contributed by atoms with Crippen LogP contribution in [-0.2, 0) is 16.6 Å². The van der Waals surface area contributed by atoms with Gasteiger partial charge in [0.2, 0.25) is 10.0 Å². The summed E-state index contributed by atoms with van der Waals surface area (Å²) in [5.74, 6) is 0. The first-order valence-electron chi connectivity index (χ1n) is 5.09. The molecule has 4 nitrogen and oxygen atoms in total. The van der Waals surface area contributed by atoms with Crippen molar-refractivity contribution in [2.75, 3.05) is 7.05 Å². The van der Waals surface area contributed by atoms with E-state index in [0.29, 0.717) is 6.54 Å². The summed E-state index contributed by atoms with van der Waals surface area (Å²) >= 11 is 4.87.